The Bertz CT molecular complexity index is 418. The Morgan fingerprint density at radius 3 is 2.65 bits per heavy atom. The van der Waals surface area contributed by atoms with Crippen LogP contribution in [0.15, 0.2) is 34.3 Å². The second-order valence-corrected chi connectivity index (χ2v) is 4.89. The maximum absolute atomic E-state index is 6.15. The maximum Gasteiger partial charge on any atom is 0.0924 e. The van der Waals surface area contributed by atoms with Gasteiger partial charge in [-0.3, -0.25) is 0 Å². The van der Waals surface area contributed by atoms with Crippen LogP contribution in [0.25, 0.3) is 0 Å². The van der Waals surface area contributed by atoms with Crippen LogP contribution in [0.1, 0.15) is 39.2 Å². The van der Waals surface area contributed by atoms with Crippen LogP contribution in [0, 0.1) is 0 Å². The normalized spacial score (nSPS) is 10.8. The second-order valence-electron chi connectivity index (χ2n) is 4.49. The van der Waals surface area contributed by atoms with Crippen LogP contribution in [0.4, 0.5) is 0 Å². The molecule has 0 aliphatic carbocycles. The second kappa shape index (κ2) is 6.58. The van der Waals surface area contributed by atoms with E-state index in [0.717, 1.165) is 30.0 Å². The average molecular weight is 251 g/mol. The van der Waals surface area contributed by atoms with E-state index in [1.54, 1.807) is 0 Å². The van der Waals surface area contributed by atoms with Gasteiger partial charge in [-0.15, -0.1) is 0 Å². The van der Waals surface area contributed by atoms with Gasteiger partial charge in [0.05, 0.1) is 11.5 Å². The number of hydrogen-bond donors (Lipinski definition) is 0. The van der Waals surface area contributed by atoms with Crippen molar-refractivity contribution < 1.29 is 0 Å². The van der Waals surface area contributed by atoms with Crippen LogP contribution in [-0.2, 0) is 5.54 Å². The van der Waals surface area contributed by atoms with E-state index in [9.17, 15) is 0 Å². The van der Waals surface area contributed by atoms with Crippen molar-refractivity contribution in [3.05, 3.63) is 34.9 Å². The third-order valence-corrected chi connectivity index (χ3v) is 2.89. The Balaban J connectivity index is 2.81. The third kappa shape index (κ3) is 4.33. The third-order valence-electron chi connectivity index (χ3n) is 2.56. The molecule has 3 heteroatoms. The molecule has 1 aromatic carbocycles. The van der Waals surface area contributed by atoms with E-state index in [-0.39, 0.29) is 5.54 Å². The Labute approximate surface area is 108 Å². The molecule has 92 valence electrons. The van der Waals surface area contributed by atoms with Gasteiger partial charge in [-0.1, -0.05) is 43.1 Å². The van der Waals surface area contributed by atoms with Crippen molar-refractivity contribution in [1.82, 2.24) is 0 Å². The summed E-state index contributed by atoms with van der Waals surface area (Å²) in [4.78, 5) is 8.50. The first kappa shape index (κ1) is 14.0. The minimum absolute atomic E-state index is 0.381. The van der Waals surface area contributed by atoms with Crippen molar-refractivity contribution in [2.45, 2.75) is 39.2 Å². The number of rotatable bonds is 5. The summed E-state index contributed by atoms with van der Waals surface area (Å²) >= 11 is 6.15. The zero-order valence-corrected chi connectivity index (χ0v) is 11.5. The van der Waals surface area contributed by atoms with Gasteiger partial charge in [-0.2, -0.15) is 0 Å². The molecule has 0 amide bonds. The van der Waals surface area contributed by atoms with Crippen molar-refractivity contribution in [3.63, 3.8) is 0 Å². The van der Waals surface area contributed by atoms with Crippen LogP contribution in [0.5, 0.6) is 0 Å². The van der Waals surface area contributed by atoms with Crippen LogP contribution in [0.2, 0.25) is 5.02 Å². The van der Waals surface area contributed by atoms with Crippen molar-refractivity contribution >= 4 is 17.6 Å². The minimum Gasteiger partial charge on any atom is -0.226 e. The zero-order chi connectivity index (χ0) is 12.7. The summed E-state index contributed by atoms with van der Waals surface area (Å²) in [6.45, 7) is 6.95. The molecule has 0 aliphatic rings. The maximum atomic E-state index is 6.15. The highest BCUT2D eigenvalue weighted by atomic mass is 35.5. The summed E-state index contributed by atoms with van der Waals surface area (Å²) in [5.41, 5.74) is 0.619. The van der Waals surface area contributed by atoms with E-state index in [4.69, 9.17) is 11.6 Å². The Kier molecular flexibility index (Phi) is 5.40. The molecule has 0 aliphatic heterocycles. The number of halogens is 1. The van der Waals surface area contributed by atoms with Gasteiger partial charge in [0.15, 0.2) is 0 Å². The predicted octanol–water partition coefficient (Wildman–Crippen LogP) is 4.55. The van der Waals surface area contributed by atoms with E-state index in [0.29, 0.717) is 0 Å². The summed E-state index contributed by atoms with van der Waals surface area (Å²) in [5, 5.41) is 0.733. The quantitative estimate of drug-likeness (QED) is 0.541. The summed E-state index contributed by atoms with van der Waals surface area (Å²) in [5.74, 6) is 0. The largest absolute Gasteiger partial charge is 0.226 e. The lowest BCUT2D eigenvalue weighted by Crippen LogP contribution is -2.13. The van der Waals surface area contributed by atoms with Crippen LogP contribution >= 0.6 is 11.6 Å². The minimum atomic E-state index is -0.381. The fraction of sp³-hybridized carbons (Fsp3) is 0.500. The molecule has 1 aromatic rings. The average Bonchev–Trinajstić information content (AvgIpc) is 2.29. The molecule has 0 unspecified atom stereocenters. The van der Waals surface area contributed by atoms with E-state index in [1.165, 1.54) is 0 Å². The van der Waals surface area contributed by atoms with Gasteiger partial charge in [-0.05, 0) is 31.9 Å². The standard InChI is InChI=1S/C14H19ClN2/c1-4-5-10-16-11-17-14(2,3)12-8-6-7-9-13(12)15/h6-9H,4-5,10H2,1-3H3. The molecular weight excluding hydrogens is 232 g/mol. The fourth-order valence-corrected chi connectivity index (χ4v) is 1.83. The molecule has 0 saturated heterocycles. The number of aliphatic imine (C=N–C) groups is 2. The topological polar surface area (TPSA) is 24.7 Å². The molecule has 0 saturated carbocycles. The van der Waals surface area contributed by atoms with Gasteiger partial charge in [0.1, 0.15) is 0 Å². The molecule has 0 N–H and O–H groups in total. The Morgan fingerprint density at radius 2 is 2.00 bits per heavy atom. The van der Waals surface area contributed by atoms with E-state index >= 15 is 0 Å². The van der Waals surface area contributed by atoms with Crippen LogP contribution < -0.4 is 0 Å². The van der Waals surface area contributed by atoms with Gasteiger partial charge in [0, 0.05) is 11.6 Å². The fourth-order valence-electron chi connectivity index (χ4n) is 1.47. The predicted molar refractivity (Wildman–Crippen MR) is 74.1 cm³/mol. The molecule has 1 rings (SSSR count). The Morgan fingerprint density at radius 1 is 1.29 bits per heavy atom. The van der Waals surface area contributed by atoms with Crippen LogP contribution in [0.3, 0.4) is 0 Å². The monoisotopic (exact) mass is 250 g/mol. The highest BCUT2D eigenvalue weighted by Gasteiger charge is 2.21. The van der Waals surface area contributed by atoms with Gasteiger partial charge in [0.25, 0.3) is 0 Å². The number of hydrogen-bond acceptors (Lipinski definition) is 2. The molecule has 0 radical (unpaired) electrons. The molecule has 0 atom stereocenters. The first-order chi connectivity index (χ1) is 8.08. The lowest BCUT2D eigenvalue weighted by molar-refractivity contribution is 0.561. The van der Waals surface area contributed by atoms with Gasteiger partial charge in [0.2, 0.25) is 0 Å². The van der Waals surface area contributed by atoms with E-state index in [1.807, 2.05) is 38.1 Å². The zero-order valence-electron chi connectivity index (χ0n) is 10.7. The number of benzene rings is 1. The smallest absolute Gasteiger partial charge is 0.0924 e. The summed E-state index contributed by atoms with van der Waals surface area (Å²) in [6, 6.07) is 10.5. The molecule has 0 bridgehead atoms. The molecular formula is C14H19ClN2. The van der Waals surface area contributed by atoms with Crippen molar-refractivity contribution in [3.8, 4) is 0 Å². The van der Waals surface area contributed by atoms with Gasteiger partial charge >= 0.3 is 0 Å². The number of unbranched alkanes of at least 4 members (excludes halogenated alkanes) is 1. The first-order valence-corrected chi connectivity index (χ1v) is 6.34. The van der Waals surface area contributed by atoms with Gasteiger partial charge in [-0.25, -0.2) is 9.98 Å². The number of nitrogens with zero attached hydrogens (tertiary/aromatic N) is 2. The highest BCUT2D eigenvalue weighted by molar-refractivity contribution is 6.31. The molecule has 0 fully saturated rings. The summed E-state index contributed by atoms with van der Waals surface area (Å²) < 4.78 is 0. The SMILES string of the molecule is CCCCN=C=NC(C)(C)c1ccccc1Cl. The van der Waals surface area contributed by atoms with Gasteiger partial charge < -0.3 is 0 Å². The Hall–Kier alpha value is -1.11. The lowest BCUT2D eigenvalue weighted by atomic mass is 9.95. The molecule has 2 nitrogen and oxygen atoms in total. The van der Waals surface area contributed by atoms with E-state index < -0.39 is 0 Å². The molecule has 0 heterocycles. The summed E-state index contributed by atoms with van der Waals surface area (Å²) in [7, 11) is 0. The van der Waals surface area contributed by atoms with Crippen molar-refractivity contribution in [2.75, 3.05) is 6.54 Å². The van der Waals surface area contributed by atoms with Crippen molar-refractivity contribution in [1.29, 1.82) is 0 Å². The first-order valence-electron chi connectivity index (χ1n) is 5.96. The lowest BCUT2D eigenvalue weighted by Gasteiger charge is -2.19. The van der Waals surface area contributed by atoms with Crippen molar-refractivity contribution in [2.24, 2.45) is 9.98 Å². The molecule has 17 heavy (non-hydrogen) atoms. The highest BCUT2D eigenvalue weighted by Crippen LogP contribution is 2.30. The van der Waals surface area contributed by atoms with Crippen LogP contribution in [-0.4, -0.2) is 12.6 Å². The molecule has 0 spiro atoms. The van der Waals surface area contributed by atoms with E-state index in [2.05, 4.69) is 22.9 Å². The molecule has 0 aromatic heterocycles. The summed E-state index contributed by atoms with van der Waals surface area (Å²) in [6.07, 6.45) is 2.22.